The fourth-order valence-corrected chi connectivity index (χ4v) is 2.59. The van der Waals surface area contributed by atoms with Gasteiger partial charge in [-0.15, -0.1) is 0 Å². The molecule has 2 aromatic carbocycles. The zero-order valence-corrected chi connectivity index (χ0v) is 14.4. The number of hydrogen-bond donors (Lipinski definition) is 2. The van der Waals surface area contributed by atoms with Gasteiger partial charge in [-0.05, 0) is 30.3 Å². The van der Waals surface area contributed by atoms with Crippen LogP contribution in [0.2, 0.25) is 0 Å². The molecule has 3 rings (SSSR count). The number of hydrogen-bond acceptors (Lipinski definition) is 5. The molecule has 7 heteroatoms. The van der Waals surface area contributed by atoms with Crippen LogP contribution in [0.15, 0.2) is 64.2 Å². The Balaban J connectivity index is 1.98. The minimum absolute atomic E-state index is 0.115. The number of nitrogens with one attached hydrogen (secondary N) is 2. The van der Waals surface area contributed by atoms with Crippen molar-refractivity contribution in [2.24, 2.45) is 14.1 Å². The molecule has 0 bridgehead atoms. The van der Waals surface area contributed by atoms with Gasteiger partial charge in [0.25, 0.3) is 5.56 Å². The summed E-state index contributed by atoms with van der Waals surface area (Å²) in [5, 5.41) is 15.6. The van der Waals surface area contributed by atoms with Gasteiger partial charge in [0, 0.05) is 31.2 Å². The van der Waals surface area contributed by atoms with Gasteiger partial charge < -0.3 is 10.6 Å². The molecule has 0 aliphatic rings. The number of rotatable bonds is 4. The highest BCUT2D eigenvalue weighted by atomic mass is 16.2. The quantitative estimate of drug-likeness (QED) is 0.756. The summed E-state index contributed by atoms with van der Waals surface area (Å²) < 4.78 is 2.16. The Bertz CT molecular complexity index is 1110. The fraction of sp³-hybridized carbons (Fsp3) is 0.105. The van der Waals surface area contributed by atoms with Crippen LogP contribution in [0.3, 0.4) is 0 Å². The first kappa shape index (κ1) is 17.0. The van der Waals surface area contributed by atoms with Crippen LogP contribution in [0.1, 0.15) is 5.56 Å². The van der Waals surface area contributed by atoms with Crippen LogP contribution in [0.4, 0.5) is 22.9 Å². The Hall–Kier alpha value is -3.79. The average molecular weight is 347 g/mol. The third-order valence-corrected chi connectivity index (χ3v) is 3.96. The molecule has 7 nitrogen and oxygen atoms in total. The minimum Gasteiger partial charge on any atom is -0.355 e. The van der Waals surface area contributed by atoms with Crippen LogP contribution < -0.4 is 21.9 Å². The highest BCUT2D eigenvalue weighted by Crippen LogP contribution is 2.23. The predicted octanol–water partition coefficient (Wildman–Crippen LogP) is 2.44. The zero-order valence-electron chi connectivity index (χ0n) is 14.4. The lowest BCUT2D eigenvalue weighted by molar-refractivity contribution is 0.689. The topological polar surface area (TPSA) is 91.8 Å². The van der Waals surface area contributed by atoms with Gasteiger partial charge in [0.05, 0.1) is 0 Å². The molecule has 0 unspecified atom stereocenters. The van der Waals surface area contributed by atoms with E-state index in [0.29, 0.717) is 5.69 Å². The number of benzene rings is 2. The fourth-order valence-electron chi connectivity index (χ4n) is 2.59. The summed E-state index contributed by atoms with van der Waals surface area (Å²) in [4.78, 5) is 24.3. The average Bonchev–Trinajstić information content (AvgIpc) is 2.66. The molecule has 0 amide bonds. The van der Waals surface area contributed by atoms with Gasteiger partial charge in [-0.25, -0.2) is 4.79 Å². The van der Waals surface area contributed by atoms with Crippen molar-refractivity contribution < 1.29 is 0 Å². The summed E-state index contributed by atoms with van der Waals surface area (Å²) in [6.07, 6.45) is 0. The van der Waals surface area contributed by atoms with Crippen molar-refractivity contribution in [2.75, 3.05) is 10.6 Å². The molecule has 3 aromatic rings. The van der Waals surface area contributed by atoms with Gasteiger partial charge in [-0.1, -0.05) is 24.3 Å². The zero-order chi connectivity index (χ0) is 18.7. The Labute approximate surface area is 149 Å². The molecule has 0 aliphatic carbocycles. The smallest absolute Gasteiger partial charge is 0.332 e. The molecule has 1 aromatic heterocycles. The summed E-state index contributed by atoms with van der Waals surface area (Å²) in [6, 6.07) is 18.9. The van der Waals surface area contributed by atoms with Crippen molar-refractivity contribution >= 4 is 22.9 Å². The van der Waals surface area contributed by atoms with Gasteiger partial charge in [0.15, 0.2) is 5.56 Å². The van der Waals surface area contributed by atoms with Gasteiger partial charge in [0.1, 0.15) is 11.9 Å². The minimum atomic E-state index is -0.628. The van der Waals surface area contributed by atoms with Crippen molar-refractivity contribution in [1.82, 2.24) is 9.13 Å². The number of para-hydroxylation sites is 1. The van der Waals surface area contributed by atoms with E-state index >= 15 is 0 Å². The number of anilines is 4. The highest BCUT2D eigenvalue weighted by molar-refractivity contribution is 5.69. The summed E-state index contributed by atoms with van der Waals surface area (Å²) in [7, 11) is 2.86. The van der Waals surface area contributed by atoms with E-state index in [2.05, 4.69) is 10.6 Å². The van der Waals surface area contributed by atoms with Gasteiger partial charge in [0.2, 0.25) is 0 Å². The third-order valence-electron chi connectivity index (χ3n) is 3.96. The Morgan fingerprint density at radius 1 is 0.846 bits per heavy atom. The number of aromatic nitrogens is 2. The number of nitriles is 1. The van der Waals surface area contributed by atoms with Crippen LogP contribution in [-0.4, -0.2) is 9.13 Å². The largest absolute Gasteiger partial charge is 0.355 e. The number of nitrogens with zero attached hydrogens (tertiary/aromatic N) is 3. The third kappa shape index (κ3) is 3.21. The predicted molar refractivity (Wildman–Crippen MR) is 101 cm³/mol. The standard InChI is InChI=1S/C19H17N5O2/c1-23-17(16(12-20)18(25)24(2)19(23)26)22-15-10-6-9-14(11-15)21-13-7-4-3-5-8-13/h3-11,21-22H,1-2H3. The van der Waals surface area contributed by atoms with E-state index in [1.54, 1.807) is 6.07 Å². The SMILES string of the molecule is Cn1c(Nc2cccc(Nc3ccccc3)c2)c(C#N)c(=O)n(C)c1=O. The van der Waals surface area contributed by atoms with E-state index in [-0.39, 0.29) is 11.4 Å². The van der Waals surface area contributed by atoms with E-state index in [9.17, 15) is 14.9 Å². The van der Waals surface area contributed by atoms with Gasteiger partial charge in [-0.3, -0.25) is 13.9 Å². The van der Waals surface area contributed by atoms with Crippen molar-refractivity contribution in [3.63, 3.8) is 0 Å². The second-order valence-corrected chi connectivity index (χ2v) is 5.74. The summed E-state index contributed by atoms with van der Waals surface area (Å²) in [5.41, 5.74) is 1.16. The molecule has 130 valence electrons. The second-order valence-electron chi connectivity index (χ2n) is 5.74. The van der Waals surface area contributed by atoms with Crippen LogP contribution in [0, 0.1) is 11.3 Å². The van der Waals surface area contributed by atoms with Crippen molar-refractivity contribution in [2.45, 2.75) is 0 Å². The maximum absolute atomic E-state index is 12.2. The van der Waals surface area contributed by atoms with E-state index in [1.807, 2.05) is 54.6 Å². The first-order chi connectivity index (χ1) is 12.5. The van der Waals surface area contributed by atoms with E-state index in [0.717, 1.165) is 15.9 Å². The maximum Gasteiger partial charge on any atom is 0.332 e. The van der Waals surface area contributed by atoms with Crippen LogP contribution in [-0.2, 0) is 14.1 Å². The Kier molecular flexibility index (Phi) is 4.58. The Morgan fingerprint density at radius 2 is 1.46 bits per heavy atom. The molecule has 0 radical (unpaired) electrons. The molecule has 0 saturated heterocycles. The summed E-state index contributed by atoms with van der Waals surface area (Å²) in [6.45, 7) is 0. The molecule has 0 aliphatic heterocycles. The molecule has 0 saturated carbocycles. The highest BCUT2D eigenvalue weighted by Gasteiger charge is 2.15. The van der Waals surface area contributed by atoms with Crippen LogP contribution in [0.25, 0.3) is 0 Å². The monoisotopic (exact) mass is 347 g/mol. The van der Waals surface area contributed by atoms with E-state index < -0.39 is 11.2 Å². The van der Waals surface area contributed by atoms with E-state index in [4.69, 9.17) is 0 Å². The molecule has 1 heterocycles. The molecule has 0 spiro atoms. The van der Waals surface area contributed by atoms with Crippen LogP contribution in [0.5, 0.6) is 0 Å². The lowest BCUT2D eigenvalue weighted by Gasteiger charge is -2.14. The van der Waals surface area contributed by atoms with Gasteiger partial charge in [-0.2, -0.15) is 5.26 Å². The maximum atomic E-state index is 12.2. The normalized spacial score (nSPS) is 10.2. The lowest BCUT2D eigenvalue weighted by Crippen LogP contribution is -2.39. The van der Waals surface area contributed by atoms with Crippen molar-refractivity contribution in [3.8, 4) is 6.07 Å². The molecule has 0 fully saturated rings. The molecule has 0 atom stereocenters. The van der Waals surface area contributed by atoms with Gasteiger partial charge >= 0.3 is 5.69 Å². The Morgan fingerprint density at radius 3 is 2.12 bits per heavy atom. The van der Waals surface area contributed by atoms with Crippen LogP contribution >= 0.6 is 0 Å². The summed E-state index contributed by atoms with van der Waals surface area (Å²) in [5.74, 6) is 0.164. The molecular formula is C19H17N5O2. The van der Waals surface area contributed by atoms with Crippen molar-refractivity contribution in [3.05, 3.63) is 81.0 Å². The summed E-state index contributed by atoms with van der Waals surface area (Å²) >= 11 is 0. The first-order valence-corrected chi connectivity index (χ1v) is 7.90. The molecule has 26 heavy (non-hydrogen) atoms. The molecule has 2 N–H and O–H groups in total. The first-order valence-electron chi connectivity index (χ1n) is 7.90. The molecular weight excluding hydrogens is 330 g/mol. The lowest BCUT2D eigenvalue weighted by atomic mass is 10.2. The van der Waals surface area contributed by atoms with E-state index in [1.165, 1.54) is 18.7 Å². The van der Waals surface area contributed by atoms with Crippen molar-refractivity contribution in [1.29, 1.82) is 5.26 Å². The second kappa shape index (κ2) is 6.99.